The van der Waals surface area contributed by atoms with Crippen molar-refractivity contribution in [1.29, 1.82) is 5.26 Å². The van der Waals surface area contributed by atoms with E-state index in [0.717, 1.165) is 19.8 Å². The average molecular weight is 169 g/mol. The van der Waals surface area contributed by atoms with Crippen molar-refractivity contribution < 1.29 is 4.74 Å². The zero-order valence-electron chi connectivity index (χ0n) is 7.36. The van der Waals surface area contributed by atoms with Gasteiger partial charge < -0.3 is 10.5 Å². The van der Waals surface area contributed by atoms with Crippen molar-refractivity contribution in [2.75, 3.05) is 26.3 Å². The topological polar surface area (TPSA) is 62.3 Å². The van der Waals surface area contributed by atoms with Crippen molar-refractivity contribution >= 4 is 0 Å². The highest BCUT2D eigenvalue weighted by molar-refractivity contribution is 4.90. The Morgan fingerprint density at radius 2 is 2.58 bits per heavy atom. The highest BCUT2D eigenvalue weighted by atomic mass is 16.5. The number of nitrogens with zero attached hydrogens (tertiary/aromatic N) is 2. The number of nitriles is 1. The minimum absolute atomic E-state index is 0.370. The SMILES string of the molecule is CC1COCCN1CC(N)C#N. The average Bonchev–Trinajstić information content (AvgIpc) is 2.09. The molecular formula is C8H15N3O. The highest BCUT2D eigenvalue weighted by Crippen LogP contribution is 2.05. The van der Waals surface area contributed by atoms with Crippen molar-refractivity contribution in [3.63, 3.8) is 0 Å². The summed E-state index contributed by atoms with van der Waals surface area (Å²) in [5.74, 6) is 0. The third kappa shape index (κ3) is 2.45. The Bertz CT molecular complexity index is 178. The first kappa shape index (κ1) is 9.46. The van der Waals surface area contributed by atoms with Gasteiger partial charge in [-0.25, -0.2) is 0 Å². The zero-order valence-corrected chi connectivity index (χ0v) is 7.36. The Labute approximate surface area is 72.9 Å². The summed E-state index contributed by atoms with van der Waals surface area (Å²) >= 11 is 0. The summed E-state index contributed by atoms with van der Waals surface area (Å²) in [4.78, 5) is 2.19. The molecule has 2 N–H and O–H groups in total. The maximum atomic E-state index is 8.52. The van der Waals surface area contributed by atoms with E-state index in [-0.39, 0.29) is 6.04 Å². The van der Waals surface area contributed by atoms with Crippen molar-refractivity contribution in [2.45, 2.75) is 19.0 Å². The van der Waals surface area contributed by atoms with Crippen LogP contribution >= 0.6 is 0 Å². The second-order valence-corrected chi connectivity index (χ2v) is 3.15. The van der Waals surface area contributed by atoms with Crippen molar-refractivity contribution in [2.24, 2.45) is 5.73 Å². The van der Waals surface area contributed by atoms with Crippen LogP contribution in [0.1, 0.15) is 6.92 Å². The largest absolute Gasteiger partial charge is 0.379 e. The first-order valence-electron chi connectivity index (χ1n) is 4.21. The van der Waals surface area contributed by atoms with Crippen LogP contribution in [0, 0.1) is 11.3 Å². The highest BCUT2D eigenvalue weighted by Gasteiger charge is 2.20. The second kappa shape index (κ2) is 4.41. The zero-order chi connectivity index (χ0) is 8.97. The molecule has 0 aliphatic carbocycles. The lowest BCUT2D eigenvalue weighted by Crippen LogP contribution is -2.48. The molecule has 0 bridgehead atoms. The lowest BCUT2D eigenvalue weighted by Gasteiger charge is -2.33. The maximum absolute atomic E-state index is 8.52. The van der Waals surface area contributed by atoms with Gasteiger partial charge in [0.25, 0.3) is 0 Å². The Kier molecular flexibility index (Phi) is 3.48. The molecule has 12 heavy (non-hydrogen) atoms. The first-order chi connectivity index (χ1) is 5.74. The first-order valence-corrected chi connectivity index (χ1v) is 4.21. The van der Waals surface area contributed by atoms with Gasteiger partial charge in [0, 0.05) is 19.1 Å². The summed E-state index contributed by atoms with van der Waals surface area (Å²) in [6, 6.07) is 2.05. The van der Waals surface area contributed by atoms with Crippen LogP contribution in [0.2, 0.25) is 0 Å². The molecule has 0 spiro atoms. The molecule has 1 aliphatic rings. The molecule has 1 fully saturated rings. The van der Waals surface area contributed by atoms with Crippen LogP contribution in [0.15, 0.2) is 0 Å². The molecule has 2 unspecified atom stereocenters. The van der Waals surface area contributed by atoms with Crippen LogP contribution in [-0.2, 0) is 4.74 Å². The van der Waals surface area contributed by atoms with E-state index in [1.807, 2.05) is 6.07 Å². The van der Waals surface area contributed by atoms with Gasteiger partial charge in [0.05, 0.1) is 19.3 Å². The van der Waals surface area contributed by atoms with Crippen LogP contribution in [0.25, 0.3) is 0 Å². The predicted octanol–water partition coefficient (Wildman–Crippen LogP) is -0.442. The van der Waals surface area contributed by atoms with E-state index >= 15 is 0 Å². The molecule has 0 aromatic carbocycles. The quantitative estimate of drug-likeness (QED) is 0.608. The summed E-state index contributed by atoms with van der Waals surface area (Å²) in [5.41, 5.74) is 5.52. The van der Waals surface area contributed by atoms with E-state index in [4.69, 9.17) is 15.7 Å². The van der Waals surface area contributed by atoms with E-state index < -0.39 is 0 Å². The Morgan fingerprint density at radius 3 is 3.17 bits per heavy atom. The smallest absolute Gasteiger partial charge is 0.106 e. The third-order valence-corrected chi connectivity index (χ3v) is 2.10. The standard InChI is InChI=1S/C8H15N3O/c1-7-6-12-3-2-11(7)5-8(10)4-9/h7-8H,2-3,5-6,10H2,1H3. The summed E-state index contributed by atoms with van der Waals surface area (Å²) < 4.78 is 5.26. The number of hydrogen-bond donors (Lipinski definition) is 1. The van der Waals surface area contributed by atoms with Gasteiger partial charge in [-0.2, -0.15) is 5.26 Å². The fourth-order valence-corrected chi connectivity index (χ4v) is 1.33. The lowest BCUT2D eigenvalue weighted by molar-refractivity contribution is -0.000786. The van der Waals surface area contributed by atoms with E-state index in [2.05, 4.69) is 11.8 Å². The minimum atomic E-state index is -0.370. The number of nitrogens with two attached hydrogens (primary N) is 1. The molecule has 1 saturated heterocycles. The minimum Gasteiger partial charge on any atom is -0.379 e. The number of rotatable bonds is 2. The molecule has 0 aromatic rings. The van der Waals surface area contributed by atoms with Gasteiger partial charge in [-0.3, -0.25) is 4.90 Å². The molecule has 68 valence electrons. The van der Waals surface area contributed by atoms with Crippen molar-refractivity contribution in [3.8, 4) is 6.07 Å². The molecule has 0 aromatic heterocycles. The number of hydrogen-bond acceptors (Lipinski definition) is 4. The van der Waals surface area contributed by atoms with E-state index in [1.54, 1.807) is 0 Å². The fourth-order valence-electron chi connectivity index (χ4n) is 1.33. The van der Waals surface area contributed by atoms with Gasteiger partial charge in [-0.1, -0.05) is 0 Å². The third-order valence-electron chi connectivity index (χ3n) is 2.10. The van der Waals surface area contributed by atoms with Crippen LogP contribution in [0.3, 0.4) is 0 Å². The van der Waals surface area contributed by atoms with Gasteiger partial charge >= 0.3 is 0 Å². The van der Waals surface area contributed by atoms with Crippen molar-refractivity contribution in [1.82, 2.24) is 4.90 Å². The maximum Gasteiger partial charge on any atom is 0.106 e. The van der Waals surface area contributed by atoms with Crippen LogP contribution < -0.4 is 5.73 Å². The summed E-state index contributed by atoms with van der Waals surface area (Å²) in [6.45, 7) is 5.13. The molecule has 0 radical (unpaired) electrons. The van der Waals surface area contributed by atoms with Gasteiger partial charge in [0.2, 0.25) is 0 Å². The van der Waals surface area contributed by atoms with Crippen LogP contribution in [0.5, 0.6) is 0 Å². The van der Waals surface area contributed by atoms with Crippen LogP contribution in [0.4, 0.5) is 0 Å². The molecule has 1 rings (SSSR count). The van der Waals surface area contributed by atoms with E-state index in [0.29, 0.717) is 12.6 Å². The summed E-state index contributed by atoms with van der Waals surface area (Å²) in [5, 5.41) is 8.52. The molecular weight excluding hydrogens is 154 g/mol. The normalized spacial score (nSPS) is 27.9. The molecule has 4 heteroatoms. The monoisotopic (exact) mass is 169 g/mol. The van der Waals surface area contributed by atoms with E-state index in [1.165, 1.54) is 0 Å². The fraction of sp³-hybridized carbons (Fsp3) is 0.875. The Hall–Kier alpha value is -0.630. The second-order valence-electron chi connectivity index (χ2n) is 3.15. The van der Waals surface area contributed by atoms with Gasteiger partial charge in [0.15, 0.2) is 0 Å². The molecule has 0 saturated carbocycles. The molecule has 1 aliphatic heterocycles. The Balaban J connectivity index is 2.35. The summed E-state index contributed by atoms with van der Waals surface area (Å²) in [7, 11) is 0. The molecule has 1 heterocycles. The van der Waals surface area contributed by atoms with Crippen LogP contribution in [-0.4, -0.2) is 43.3 Å². The number of morpholine rings is 1. The molecule has 4 nitrogen and oxygen atoms in total. The predicted molar refractivity (Wildman–Crippen MR) is 45.4 cm³/mol. The summed E-state index contributed by atoms with van der Waals surface area (Å²) in [6.07, 6.45) is 0. The molecule has 0 amide bonds. The number of ether oxygens (including phenoxy) is 1. The van der Waals surface area contributed by atoms with Gasteiger partial charge in [0.1, 0.15) is 6.04 Å². The lowest BCUT2D eigenvalue weighted by atomic mass is 10.2. The van der Waals surface area contributed by atoms with Gasteiger partial charge in [-0.05, 0) is 6.92 Å². The van der Waals surface area contributed by atoms with E-state index in [9.17, 15) is 0 Å². The molecule has 2 atom stereocenters. The Morgan fingerprint density at radius 1 is 1.83 bits per heavy atom. The van der Waals surface area contributed by atoms with Crippen molar-refractivity contribution in [3.05, 3.63) is 0 Å². The van der Waals surface area contributed by atoms with Gasteiger partial charge in [-0.15, -0.1) is 0 Å².